The SMILES string of the molecule is C=C(c1ccccc1)c1ccc(OC)cc1O. The number of phenolic OH excluding ortho intramolecular Hbond substituents is 1. The minimum absolute atomic E-state index is 0.179. The first-order chi connectivity index (χ1) is 8.22. The van der Waals surface area contributed by atoms with Crippen molar-refractivity contribution in [3.63, 3.8) is 0 Å². The molecule has 0 saturated carbocycles. The van der Waals surface area contributed by atoms with Crippen LogP contribution in [0.4, 0.5) is 0 Å². The zero-order valence-electron chi connectivity index (χ0n) is 9.68. The highest BCUT2D eigenvalue weighted by atomic mass is 16.5. The van der Waals surface area contributed by atoms with E-state index in [-0.39, 0.29) is 5.75 Å². The quantitative estimate of drug-likeness (QED) is 0.868. The Morgan fingerprint density at radius 3 is 2.41 bits per heavy atom. The van der Waals surface area contributed by atoms with E-state index in [1.54, 1.807) is 13.2 Å². The molecule has 2 nitrogen and oxygen atoms in total. The third-order valence-corrected chi connectivity index (χ3v) is 2.65. The van der Waals surface area contributed by atoms with Crippen molar-refractivity contribution in [3.05, 3.63) is 66.2 Å². The zero-order chi connectivity index (χ0) is 12.3. The van der Waals surface area contributed by atoms with Crippen LogP contribution in [-0.2, 0) is 0 Å². The predicted octanol–water partition coefficient (Wildman–Crippen LogP) is 3.46. The van der Waals surface area contributed by atoms with Gasteiger partial charge in [0.1, 0.15) is 11.5 Å². The lowest BCUT2D eigenvalue weighted by atomic mass is 9.99. The molecule has 2 heteroatoms. The molecule has 0 aliphatic carbocycles. The summed E-state index contributed by atoms with van der Waals surface area (Å²) in [5.41, 5.74) is 2.51. The van der Waals surface area contributed by atoms with Crippen molar-refractivity contribution in [2.75, 3.05) is 7.11 Å². The van der Waals surface area contributed by atoms with Gasteiger partial charge in [0.25, 0.3) is 0 Å². The summed E-state index contributed by atoms with van der Waals surface area (Å²) in [6.07, 6.45) is 0. The largest absolute Gasteiger partial charge is 0.507 e. The van der Waals surface area contributed by atoms with Crippen molar-refractivity contribution < 1.29 is 9.84 Å². The van der Waals surface area contributed by atoms with E-state index in [1.165, 1.54) is 0 Å². The summed E-state index contributed by atoms with van der Waals surface area (Å²) >= 11 is 0. The van der Waals surface area contributed by atoms with E-state index in [4.69, 9.17) is 4.74 Å². The monoisotopic (exact) mass is 226 g/mol. The van der Waals surface area contributed by atoms with Crippen molar-refractivity contribution in [2.45, 2.75) is 0 Å². The highest BCUT2D eigenvalue weighted by Gasteiger charge is 2.08. The maximum absolute atomic E-state index is 9.91. The number of methoxy groups -OCH3 is 1. The summed E-state index contributed by atoms with van der Waals surface area (Å²) in [6, 6.07) is 15.0. The molecule has 0 aliphatic rings. The van der Waals surface area contributed by atoms with Gasteiger partial charge in [-0.25, -0.2) is 0 Å². The average molecular weight is 226 g/mol. The van der Waals surface area contributed by atoms with Gasteiger partial charge in [-0.2, -0.15) is 0 Å². The third-order valence-electron chi connectivity index (χ3n) is 2.65. The molecule has 0 fully saturated rings. The van der Waals surface area contributed by atoms with Gasteiger partial charge in [0, 0.05) is 11.6 Å². The average Bonchev–Trinajstić information content (AvgIpc) is 2.39. The van der Waals surface area contributed by atoms with Crippen LogP contribution in [0.3, 0.4) is 0 Å². The lowest BCUT2D eigenvalue weighted by Crippen LogP contribution is -1.88. The fourth-order valence-corrected chi connectivity index (χ4v) is 1.69. The molecule has 2 aromatic rings. The lowest BCUT2D eigenvalue weighted by Gasteiger charge is -2.09. The standard InChI is InChI=1S/C15H14O2/c1-11(12-6-4-3-5-7-12)14-9-8-13(17-2)10-15(14)16/h3-10,16H,1H2,2H3. The maximum atomic E-state index is 9.91. The van der Waals surface area contributed by atoms with E-state index in [1.807, 2.05) is 42.5 Å². The number of hydrogen-bond donors (Lipinski definition) is 1. The number of aromatic hydroxyl groups is 1. The molecule has 0 atom stereocenters. The van der Waals surface area contributed by atoms with Gasteiger partial charge in [-0.15, -0.1) is 0 Å². The second kappa shape index (κ2) is 4.74. The molecule has 0 aromatic heterocycles. The van der Waals surface area contributed by atoms with Gasteiger partial charge >= 0.3 is 0 Å². The molecular formula is C15H14O2. The fourth-order valence-electron chi connectivity index (χ4n) is 1.69. The van der Waals surface area contributed by atoms with Gasteiger partial charge in [0.2, 0.25) is 0 Å². The van der Waals surface area contributed by atoms with E-state index < -0.39 is 0 Å². The molecule has 0 radical (unpaired) electrons. The summed E-state index contributed by atoms with van der Waals surface area (Å²) in [7, 11) is 1.57. The van der Waals surface area contributed by atoms with Crippen LogP contribution in [0, 0.1) is 0 Å². The molecule has 0 unspecified atom stereocenters. The molecule has 0 heterocycles. The first-order valence-electron chi connectivity index (χ1n) is 5.34. The smallest absolute Gasteiger partial charge is 0.127 e. The Morgan fingerprint density at radius 2 is 1.82 bits per heavy atom. The summed E-state index contributed by atoms with van der Waals surface area (Å²) in [5.74, 6) is 0.810. The van der Waals surface area contributed by atoms with Crippen LogP contribution in [0.2, 0.25) is 0 Å². The van der Waals surface area contributed by atoms with E-state index in [2.05, 4.69) is 6.58 Å². The molecule has 0 saturated heterocycles. The van der Waals surface area contributed by atoms with Crippen molar-refractivity contribution in [3.8, 4) is 11.5 Å². The van der Waals surface area contributed by atoms with Gasteiger partial charge in [-0.1, -0.05) is 36.9 Å². The lowest BCUT2D eigenvalue weighted by molar-refractivity contribution is 0.407. The van der Waals surface area contributed by atoms with Crippen LogP contribution in [-0.4, -0.2) is 12.2 Å². The fraction of sp³-hybridized carbons (Fsp3) is 0.0667. The summed E-state index contributed by atoms with van der Waals surface area (Å²) in [4.78, 5) is 0. The van der Waals surface area contributed by atoms with Crippen molar-refractivity contribution in [1.29, 1.82) is 0 Å². The number of ether oxygens (including phenoxy) is 1. The Labute approximate surface area is 101 Å². The Morgan fingerprint density at radius 1 is 1.12 bits per heavy atom. The van der Waals surface area contributed by atoms with Crippen LogP contribution in [0.15, 0.2) is 55.1 Å². The highest BCUT2D eigenvalue weighted by molar-refractivity contribution is 5.81. The minimum atomic E-state index is 0.179. The molecule has 0 aliphatic heterocycles. The summed E-state index contributed by atoms with van der Waals surface area (Å²) in [6.45, 7) is 4.01. The van der Waals surface area contributed by atoms with Crippen molar-refractivity contribution in [2.24, 2.45) is 0 Å². The normalized spacial score (nSPS) is 9.94. The minimum Gasteiger partial charge on any atom is -0.507 e. The van der Waals surface area contributed by atoms with Crippen LogP contribution in [0.25, 0.3) is 5.57 Å². The Balaban J connectivity index is 2.38. The molecule has 17 heavy (non-hydrogen) atoms. The second-order valence-electron chi connectivity index (χ2n) is 3.73. The van der Waals surface area contributed by atoms with Gasteiger partial charge in [0.05, 0.1) is 7.11 Å². The van der Waals surface area contributed by atoms with Crippen molar-refractivity contribution in [1.82, 2.24) is 0 Å². The maximum Gasteiger partial charge on any atom is 0.127 e. The Kier molecular flexibility index (Phi) is 3.15. The third kappa shape index (κ3) is 2.31. The van der Waals surface area contributed by atoms with Crippen LogP contribution in [0.5, 0.6) is 11.5 Å². The Hall–Kier alpha value is -2.22. The summed E-state index contributed by atoms with van der Waals surface area (Å²) in [5, 5.41) is 9.91. The van der Waals surface area contributed by atoms with Gasteiger partial charge in [-0.3, -0.25) is 0 Å². The molecule has 1 N–H and O–H groups in total. The number of phenols is 1. The molecule has 0 bridgehead atoms. The van der Waals surface area contributed by atoms with E-state index in [0.29, 0.717) is 5.75 Å². The number of hydrogen-bond acceptors (Lipinski definition) is 2. The molecule has 86 valence electrons. The zero-order valence-corrected chi connectivity index (χ0v) is 9.68. The topological polar surface area (TPSA) is 29.5 Å². The first kappa shape index (κ1) is 11.3. The highest BCUT2D eigenvalue weighted by Crippen LogP contribution is 2.31. The van der Waals surface area contributed by atoms with Gasteiger partial charge in [0.15, 0.2) is 0 Å². The van der Waals surface area contributed by atoms with Crippen molar-refractivity contribution >= 4 is 5.57 Å². The van der Waals surface area contributed by atoms with E-state index in [9.17, 15) is 5.11 Å². The van der Waals surface area contributed by atoms with Crippen LogP contribution >= 0.6 is 0 Å². The van der Waals surface area contributed by atoms with Crippen LogP contribution < -0.4 is 4.74 Å². The molecule has 0 spiro atoms. The predicted molar refractivity (Wildman–Crippen MR) is 69.2 cm³/mol. The summed E-state index contributed by atoms with van der Waals surface area (Å²) < 4.78 is 5.05. The van der Waals surface area contributed by atoms with E-state index in [0.717, 1.165) is 16.7 Å². The second-order valence-corrected chi connectivity index (χ2v) is 3.73. The van der Waals surface area contributed by atoms with E-state index >= 15 is 0 Å². The Bertz CT molecular complexity index is 530. The number of rotatable bonds is 3. The number of benzene rings is 2. The molecular weight excluding hydrogens is 212 g/mol. The molecule has 2 aromatic carbocycles. The van der Waals surface area contributed by atoms with Gasteiger partial charge < -0.3 is 9.84 Å². The molecule has 0 amide bonds. The first-order valence-corrected chi connectivity index (χ1v) is 5.34. The van der Waals surface area contributed by atoms with Gasteiger partial charge in [-0.05, 0) is 23.3 Å². The molecule has 2 rings (SSSR count). The van der Waals surface area contributed by atoms with Crippen LogP contribution in [0.1, 0.15) is 11.1 Å².